The van der Waals surface area contributed by atoms with Crippen molar-refractivity contribution in [1.82, 2.24) is 0 Å². The largest absolute Gasteiger partial charge is 0.455 e. The van der Waals surface area contributed by atoms with Crippen molar-refractivity contribution in [2.45, 2.75) is 0 Å². The molecule has 2 heteroatoms. The van der Waals surface area contributed by atoms with Crippen LogP contribution in [0.15, 0.2) is 361 Å². The minimum Gasteiger partial charge on any atom is -0.455 e. The Balaban J connectivity index is 0.650. The van der Waals surface area contributed by atoms with Gasteiger partial charge in [-0.1, -0.05) is 309 Å². The smallest absolute Gasteiger partial charge is 0.144 e. The standard InChI is InChI=1S/C100H58O2/c1-2-21-61(22-3-1)83-55-87-73-24-6-8-26-75(73)90-58-86(96-82-33-15-17-39-92(82)102-100(96)97(90)93(87)79-30-12-10-28-77(79)83)66-51-47-63(48-52-66)70-35-19-36-71-69(34-18-37-72(70)71)62-45-49-64(50-46-62)84-56-88-74-25-7-9-27-76(74)89-57-85(65-43-40-60(41-44-65)68-53-42-59-20-4-5-23-67(59)54-68)95-81-32-14-16-38-91(81)101-99(95)98(89)94(88)80-31-13-11-29-78(80)84/h1-58H. The molecule has 20 aromatic carbocycles. The van der Waals surface area contributed by atoms with Crippen molar-refractivity contribution in [2.24, 2.45) is 0 Å². The van der Waals surface area contributed by atoms with Gasteiger partial charge in [0.15, 0.2) is 0 Å². The van der Waals surface area contributed by atoms with Gasteiger partial charge in [0.05, 0.1) is 0 Å². The van der Waals surface area contributed by atoms with E-state index in [0.29, 0.717) is 0 Å². The van der Waals surface area contributed by atoms with Crippen LogP contribution >= 0.6 is 0 Å². The van der Waals surface area contributed by atoms with Crippen molar-refractivity contribution in [3.05, 3.63) is 352 Å². The zero-order valence-corrected chi connectivity index (χ0v) is 55.3. The highest BCUT2D eigenvalue weighted by Gasteiger charge is 2.26. The third-order valence-electron chi connectivity index (χ3n) is 22.2. The van der Waals surface area contributed by atoms with Gasteiger partial charge in [-0.25, -0.2) is 0 Å². The number of furan rings is 2. The molecule has 0 atom stereocenters. The second kappa shape index (κ2) is 22.1. The molecule has 22 rings (SSSR count). The van der Waals surface area contributed by atoms with E-state index in [-0.39, 0.29) is 0 Å². The lowest BCUT2D eigenvalue weighted by Gasteiger charge is -2.18. The van der Waals surface area contributed by atoms with E-state index in [0.717, 1.165) is 88.0 Å². The summed E-state index contributed by atoms with van der Waals surface area (Å²) in [5, 5.41) is 28.6. The summed E-state index contributed by atoms with van der Waals surface area (Å²) in [6.07, 6.45) is 0. The molecular formula is C100H58O2. The number of hydrogen-bond donors (Lipinski definition) is 0. The normalized spacial score (nSPS) is 12.1. The molecule has 0 bridgehead atoms. The first-order chi connectivity index (χ1) is 50.6. The van der Waals surface area contributed by atoms with Crippen LogP contribution in [0.2, 0.25) is 0 Å². The number of rotatable bonds is 7. The third kappa shape index (κ3) is 8.42. The van der Waals surface area contributed by atoms with E-state index in [1.165, 1.54) is 141 Å². The Labute approximate surface area is 586 Å². The molecule has 2 aromatic heterocycles. The molecule has 0 N–H and O–H groups in total. The maximum atomic E-state index is 7.19. The van der Waals surface area contributed by atoms with Gasteiger partial charge in [-0.15, -0.1) is 0 Å². The zero-order valence-electron chi connectivity index (χ0n) is 55.3. The summed E-state index contributed by atoms with van der Waals surface area (Å²) in [5.74, 6) is 0. The van der Waals surface area contributed by atoms with Crippen LogP contribution in [0.5, 0.6) is 0 Å². The summed E-state index contributed by atoms with van der Waals surface area (Å²) in [6, 6.07) is 130. The fourth-order valence-electron chi connectivity index (χ4n) is 17.6. The molecule has 2 nitrogen and oxygen atoms in total. The van der Waals surface area contributed by atoms with Gasteiger partial charge in [-0.2, -0.15) is 0 Å². The molecule has 22 aromatic rings. The average Bonchev–Trinajstić information content (AvgIpc) is 1.21. The molecule has 0 fully saturated rings. The van der Waals surface area contributed by atoms with Crippen LogP contribution in [-0.2, 0) is 0 Å². The maximum Gasteiger partial charge on any atom is 0.144 e. The van der Waals surface area contributed by atoms with Crippen molar-refractivity contribution < 1.29 is 8.83 Å². The molecule has 0 amide bonds. The number of para-hydroxylation sites is 2. The maximum absolute atomic E-state index is 7.19. The van der Waals surface area contributed by atoms with Crippen LogP contribution in [0, 0.1) is 0 Å². The highest BCUT2D eigenvalue weighted by Crippen LogP contribution is 2.53. The first kappa shape index (κ1) is 56.6. The molecule has 0 saturated heterocycles. The van der Waals surface area contributed by atoms with E-state index in [9.17, 15) is 0 Å². The molecule has 0 spiro atoms. The molecule has 0 aliphatic heterocycles. The van der Waals surface area contributed by atoms with E-state index in [4.69, 9.17) is 8.83 Å². The molecule has 0 aliphatic rings. The van der Waals surface area contributed by atoms with Gasteiger partial charge in [-0.3, -0.25) is 0 Å². The SMILES string of the molecule is c1ccc(-c2cc3c4ccccc4c4cc(-c5ccc(-c6cccc7c(-c8ccc(-c9cc%10c%11ccccc%11c%11cc(-c%12ccc(-c%13ccc%14ccccc%14c%13)cc%12)c%12c%13ccccc%13oc%12c%11c%10c%10ccccc9%10)cc8)cccc67)cc5)c5c6ccccc6oc5c4c3c3ccccc23)cc1. The lowest BCUT2D eigenvalue weighted by atomic mass is 9.85. The van der Waals surface area contributed by atoms with Gasteiger partial charge in [0.1, 0.15) is 22.3 Å². The van der Waals surface area contributed by atoms with Crippen molar-refractivity contribution >= 4 is 152 Å². The fourth-order valence-corrected chi connectivity index (χ4v) is 17.6. The molecule has 2 heterocycles. The van der Waals surface area contributed by atoms with Crippen molar-refractivity contribution in [3.63, 3.8) is 0 Å². The summed E-state index contributed by atoms with van der Waals surface area (Å²) >= 11 is 0. The van der Waals surface area contributed by atoms with Crippen LogP contribution in [0.3, 0.4) is 0 Å². The molecule has 0 aliphatic carbocycles. The monoisotopic (exact) mass is 1290 g/mol. The molecule has 0 unspecified atom stereocenters. The van der Waals surface area contributed by atoms with Gasteiger partial charge >= 0.3 is 0 Å². The Morgan fingerprint density at radius 1 is 0.137 bits per heavy atom. The minimum absolute atomic E-state index is 0.881. The molecule has 0 radical (unpaired) electrons. The van der Waals surface area contributed by atoms with E-state index in [1.807, 2.05) is 0 Å². The quantitative estimate of drug-likeness (QED) is 0.149. The van der Waals surface area contributed by atoms with Gasteiger partial charge < -0.3 is 8.83 Å². The first-order valence-electron chi connectivity index (χ1n) is 35.3. The molecule has 0 saturated carbocycles. The van der Waals surface area contributed by atoms with Crippen LogP contribution in [-0.4, -0.2) is 0 Å². The summed E-state index contributed by atoms with van der Waals surface area (Å²) in [6.45, 7) is 0. The minimum atomic E-state index is 0.881. The highest BCUT2D eigenvalue weighted by molar-refractivity contribution is 6.41. The Kier molecular flexibility index (Phi) is 12.2. The number of hydrogen-bond acceptors (Lipinski definition) is 2. The summed E-state index contributed by atoms with van der Waals surface area (Å²) in [4.78, 5) is 0. The number of benzene rings is 20. The Hall–Kier alpha value is -13.4. The van der Waals surface area contributed by atoms with Crippen LogP contribution < -0.4 is 0 Å². The van der Waals surface area contributed by atoms with Gasteiger partial charge in [0.25, 0.3) is 0 Å². The second-order valence-corrected chi connectivity index (χ2v) is 27.5. The predicted octanol–water partition coefficient (Wildman–Crippen LogP) is 28.7. The average molecular weight is 1290 g/mol. The Morgan fingerprint density at radius 3 is 0.902 bits per heavy atom. The molecule has 470 valence electrons. The first-order valence-corrected chi connectivity index (χ1v) is 35.3. The topological polar surface area (TPSA) is 26.3 Å². The number of fused-ring (bicyclic) bond motifs is 26. The van der Waals surface area contributed by atoms with Gasteiger partial charge in [-0.05, 0) is 207 Å². The third-order valence-corrected chi connectivity index (χ3v) is 22.2. The van der Waals surface area contributed by atoms with E-state index in [2.05, 4.69) is 352 Å². The van der Waals surface area contributed by atoms with E-state index >= 15 is 0 Å². The molecule has 102 heavy (non-hydrogen) atoms. The Morgan fingerprint density at radius 2 is 0.441 bits per heavy atom. The van der Waals surface area contributed by atoms with E-state index in [1.54, 1.807) is 0 Å². The Bertz CT molecular complexity index is 7320. The van der Waals surface area contributed by atoms with Crippen LogP contribution in [0.25, 0.3) is 229 Å². The summed E-state index contributed by atoms with van der Waals surface area (Å²) in [5.41, 5.74) is 20.1. The van der Waals surface area contributed by atoms with Gasteiger partial charge in [0, 0.05) is 43.1 Å². The van der Waals surface area contributed by atoms with Crippen molar-refractivity contribution in [1.29, 1.82) is 0 Å². The highest BCUT2D eigenvalue weighted by atomic mass is 16.3. The van der Waals surface area contributed by atoms with Crippen molar-refractivity contribution in [2.75, 3.05) is 0 Å². The molecular weight excluding hydrogens is 1230 g/mol. The summed E-state index contributed by atoms with van der Waals surface area (Å²) in [7, 11) is 0. The van der Waals surface area contributed by atoms with Crippen molar-refractivity contribution in [3.8, 4) is 77.9 Å². The summed E-state index contributed by atoms with van der Waals surface area (Å²) < 4.78 is 14.4. The predicted molar refractivity (Wildman–Crippen MR) is 434 cm³/mol. The lowest BCUT2D eigenvalue weighted by Crippen LogP contribution is -1.91. The fraction of sp³-hybridized carbons (Fsp3) is 0. The second-order valence-electron chi connectivity index (χ2n) is 27.5. The zero-order chi connectivity index (χ0) is 66.7. The lowest BCUT2D eigenvalue weighted by molar-refractivity contribution is 0.672. The van der Waals surface area contributed by atoms with Crippen LogP contribution in [0.1, 0.15) is 0 Å². The van der Waals surface area contributed by atoms with Gasteiger partial charge in [0.2, 0.25) is 0 Å². The van der Waals surface area contributed by atoms with Crippen LogP contribution in [0.4, 0.5) is 0 Å². The van der Waals surface area contributed by atoms with E-state index < -0.39 is 0 Å².